The van der Waals surface area contributed by atoms with Gasteiger partial charge in [-0.05, 0) is 51.3 Å². The number of aliphatic hydroxyl groups excluding tert-OH is 1. The van der Waals surface area contributed by atoms with Gasteiger partial charge in [0.25, 0.3) is 10.1 Å². The van der Waals surface area contributed by atoms with Gasteiger partial charge in [-0.2, -0.15) is 8.42 Å². The number of esters is 2. The number of carbonyl (C=O) groups excluding carboxylic acids is 2. The second-order valence-electron chi connectivity index (χ2n) is 20.8. The summed E-state index contributed by atoms with van der Waals surface area (Å²) in [6, 6.07) is 5.07. The molecule has 0 aliphatic rings. The van der Waals surface area contributed by atoms with Crippen molar-refractivity contribution in [1.29, 1.82) is 0 Å². The van der Waals surface area contributed by atoms with Gasteiger partial charge < -0.3 is 19.9 Å². The molecule has 0 fully saturated rings. The van der Waals surface area contributed by atoms with E-state index in [9.17, 15) is 23.1 Å². The number of β-amino-alcohol motifs (C(OH)–C–C–N with tert-alkyl or cyclic N) is 1. The molecule has 0 radical (unpaired) electrons. The highest BCUT2D eigenvalue weighted by Crippen LogP contribution is 2.32. The van der Waals surface area contributed by atoms with E-state index in [4.69, 9.17) is 14.0 Å². The largest absolute Gasteiger partial charge is 0.423 e. The highest BCUT2D eigenvalue weighted by atomic mass is 32.2. The summed E-state index contributed by atoms with van der Waals surface area (Å²) in [5.74, 6) is -0.181. The Morgan fingerprint density at radius 3 is 1.01 bits per heavy atom. The number of carbonyl (C=O) groups is 2. The Labute approximate surface area is 414 Å². The number of unbranched alkanes of at least 4 members (excludes halogenated alkanes) is 36. The molecule has 0 saturated heterocycles. The lowest BCUT2D eigenvalue weighted by molar-refractivity contribution is -0.137. The molecule has 0 spiro atoms. The highest BCUT2D eigenvalue weighted by Gasteiger charge is 2.19. The molecule has 1 aromatic rings. The molecular weight excluding hydrogens is 859 g/mol. The molecule has 0 heterocycles. The third-order valence-electron chi connectivity index (χ3n) is 12.6. The Bertz CT molecular complexity index is 1390. The zero-order chi connectivity index (χ0) is 49.7. The average molecular weight is 967 g/mol. The molecule has 1 rings (SSSR count). The van der Waals surface area contributed by atoms with Gasteiger partial charge in [-0.15, -0.1) is 0 Å². The van der Waals surface area contributed by atoms with Crippen LogP contribution in [0.25, 0.3) is 0 Å². The van der Waals surface area contributed by atoms with Gasteiger partial charge in [0, 0.05) is 24.9 Å². The molecule has 394 valence electrons. The van der Waals surface area contributed by atoms with Crippen LogP contribution in [0.1, 0.15) is 303 Å². The predicted molar refractivity (Wildman–Crippen MR) is 284 cm³/mol. The predicted octanol–water partition coefficient (Wildman–Crippen LogP) is 17.1. The van der Waals surface area contributed by atoms with Crippen LogP contribution in [0.4, 0.5) is 0 Å². The minimum absolute atomic E-state index is 0.149. The second-order valence-corrected chi connectivity index (χ2v) is 22.2. The molecule has 0 aliphatic heterocycles. The fourth-order valence-corrected chi connectivity index (χ4v) is 8.46. The fraction of sp³-hybridized carbons (Fsp3) is 0.860. The zero-order valence-electron chi connectivity index (χ0n) is 44.6. The fourth-order valence-electron chi connectivity index (χ4n) is 8.46. The molecule has 0 saturated carbocycles. The van der Waals surface area contributed by atoms with Crippen LogP contribution in [0, 0.1) is 0 Å². The quantitative estimate of drug-likeness (QED) is 0.0252. The minimum Gasteiger partial charge on any atom is -0.423 e. The van der Waals surface area contributed by atoms with Crippen molar-refractivity contribution in [2.75, 3.05) is 12.8 Å². The molecule has 0 amide bonds. The Morgan fingerprint density at radius 1 is 0.493 bits per heavy atom. The molecule has 1 unspecified atom stereocenters. The van der Waals surface area contributed by atoms with E-state index in [1.165, 1.54) is 205 Å². The standard InChI is InChI=1S/C56H103NO5.CH4O3S/c1-6-8-10-12-14-16-18-20-22-24-26-28-30-32-34-36-38-40-42-44-54(59)61-52-47-46-50(51(58)49-57-56(3,4)5)48-53(52)62-55(60)45-43-41-39-37-35-33-31-29-27-25-23-21-19-17-15-13-11-9-7-2;1-5(2,3)4/h46-48,51,57-58H,6-45,49H2,1-5H3;1H3,(H,2,3,4). The van der Waals surface area contributed by atoms with E-state index >= 15 is 0 Å². The molecule has 1 atom stereocenters. The van der Waals surface area contributed by atoms with Crippen molar-refractivity contribution in [3.8, 4) is 11.5 Å². The third kappa shape index (κ3) is 48.8. The van der Waals surface area contributed by atoms with Crippen molar-refractivity contribution < 1.29 is 37.1 Å². The van der Waals surface area contributed by atoms with Crippen LogP contribution >= 0.6 is 0 Å². The van der Waals surface area contributed by atoms with Crippen molar-refractivity contribution >= 4 is 22.1 Å². The summed E-state index contributed by atoms with van der Waals surface area (Å²) in [5.41, 5.74) is 0.468. The minimum atomic E-state index is -3.67. The van der Waals surface area contributed by atoms with E-state index in [0.717, 1.165) is 38.5 Å². The summed E-state index contributed by atoms with van der Waals surface area (Å²) >= 11 is 0. The molecule has 0 aromatic heterocycles. The molecule has 10 heteroatoms. The summed E-state index contributed by atoms with van der Waals surface area (Å²) in [7, 11) is -3.67. The van der Waals surface area contributed by atoms with Crippen molar-refractivity contribution in [1.82, 2.24) is 5.32 Å². The normalized spacial score (nSPS) is 12.2. The summed E-state index contributed by atoms with van der Waals surface area (Å²) in [5, 5.41) is 14.2. The maximum absolute atomic E-state index is 13.0. The van der Waals surface area contributed by atoms with E-state index < -0.39 is 16.2 Å². The molecule has 67 heavy (non-hydrogen) atoms. The van der Waals surface area contributed by atoms with Gasteiger partial charge in [-0.1, -0.05) is 251 Å². The molecule has 0 bridgehead atoms. The Kier molecular flexibility index (Phi) is 43.8. The average Bonchev–Trinajstić information content (AvgIpc) is 3.27. The van der Waals surface area contributed by atoms with Crippen molar-refractivity contribution in [2.45, 2.75) is 303 Å². The maximum Gasteiger partial charge on any atom is 0.311 e. The SMILES string of the molecule is CCCCCCCCCCCCCCCCCCCCCC(=O)Oc1ccc(C(O)CNC(C)(C)C)cc1OC(=O)CCCCCCCCCCCCCCCCCCCCC.CS(=O)(=O)O. The number of aliphatic hydroxyl groups is 1. The van der Waals surface area contributed by atoms with Crippen LogP contribution in [0.2, 0.25) is 0 Å². The lowest BCUT2D eigenvalue weighted by Crippen LogP contribution is -2.38. The summed E-state index contributed by atoms with van der Waals surface area (Å²) < 4.78 is 37.4. The summed E-state index contributed by atoms with van der Waals surface area (Å²) in [4.78, 5) is 25.9. The van der Waals surface area contributed by atoms with Gasteiger partial charge in [-0.3, -0.25) is 14.1 Å². The Morgan fingerprint density at radius 2 is 0.746 bits per heavy atom. The first-order chi connectivity index (χ1) is 32.2. The molecule has 3 N–H and O–H groups in total. The monoisotopic (exact) mass is 966 g/mol. The van der Waals surface area contributed by atoms with E-state index in [1.807, 2.05) is 0 Å². The number of rotatable bonds is 45. The number of ether oxygens (including phenoxy) is 2. The van der Waals surface area contributed by atoms with Crippen LogP contribution in [0.5, 0.6) is 11.5 Å². The first-order valence-corrected chi connectivity index (χ1v) is 29.9. The van der Waals surface area contributed by atoms with Crippen LogP contribution in [0.15, 0.2) is 18.2 Å². The van der Waals surface area contributed by atoms with Gasteiger partial charge in [0.2, 0.25) is 0 Å². The number of hydrogen-bond donors (Lipinski definition) is 3. The van der Waals surface area contributed by atoms with Gasteiger partial charge in [0.05, 0.1) is 12.4 Å². The molecular formula is C57H107NO8S. The Hall–Kier alpha value is -2.01. The van der Waals surface area contributed by atoms with Crippen LogP contribution in [0.3, 0.4) is 0 Å². The van der Waals surface area contributed by atoms with Gasteiger partial charge in [0.1, 0.15) is 0 Å². The third-order valence-corrected chi connectivity index (χ3v) is 12.6. The van der Waals surface area contributed by atoms with E-state index in [0.29, 0.717) is 31.2 Å². The van der Waals surface area contributed by atoms with Crippen LogP contribution in [-0.4, -0.2) is 48.4 Å². The van der Waals surface area contributed by atoms with Crippen LogP contribution < -0.4 is 14.8 Å². The maximum atomic E-state index is 13.0. The molecule has 0 aliphatic carbocycles. The van der Waals surface area contributed by atoms with E-state index in [2.05, 4.69) is 39.9 Å². The zero-order valence-corrected chi connectivity index (χ0v) is 45.4. The van der Waals surface area contributed by atoms with Crippen molar-refractivity contribution in [3.05, 3.63) is 23.8 Å². The molecule has 1 aromatic carbocycles. The van der Waals surface area contributed by atoms with Gasteiger partial charge in [0.15, 0.2) is 11.5 Å². The number of nitrogens with one attached hydrogen (secondary N) is 1. The topological polar surface area (TPSA) is 139 Å². The Balaban J connectivity index is 0.00000823. The summed E-state index contributed by atoms with van der Waals surface area (Å²) in [6.07, 6.45) is 50.5. The van der Waals surface area contributed by atoms with Crippen molar-refractivity contribution in [2.24, 2.45) is 0 Å². The number of hydrogen-bond acceptors (Lipinski definition) is 8. The van der Waals surface area contributed by atoms with Crippen molar-refractivity contribution in [3.63, 3.8) is 0 Å². The van der Waals surface area contributed by atoms with Gasteiger partial charge in [-0.25, -0.2) is 0 Å². The second kappa shape index (κ2) is 45.1. The van der Waals surface area contributed by atoms with Gasteiger partial charge >= 0.3 is 11.9 Å². The first kappa shape index (κ1) is 65.0. The lowest BCUT2D eigenvalue weighted by atomic mass is 10.0. The van der Waals surface area contributed by atoms with E-state index in [-0.39, 0.29) is 29.0 Å². The summed E-state index contributed by atoms with van der Waals surface area (Å²) in [6.45, 7) is 11.1. The lowest BCUT2D eigenvalue weighted by Gasteiger charge is -2.23. The number of benzene rings is 1. The highest BCUT2D eigenvalue weighted by molar-refractivity contribution is 7.85. The molecule has 9 nitrogen and oxygen atoms in total. The van der Waals surface area contributed by atoms with E-state index in [1.54, 1.807) is 18.2 Å². The first-order valence-electron chi connectivity index (χ1n) is 28.1. The smallest absolute Gasteiger partial charge is 0.311 e. The van der Waals surface area contributed by atoms with Crippen LogP contribution in [-0.2, 0) is 19.7 Å².